The second-order valence-electron chi connectivity index (χ2n) is 5.16. The molecule has 0 heterocycles. The molecule has 0 bridgehead atoms. The molecule has 0 atom stereocenters. The molecule has 3 heteroatoms. The van der Waals surface area contributed by atoms with Crippen molar-refractivity contribution in [2.75, 3.05) is 14.2 Å². The summed E-state index contributed by atoms with van der Waals surface area (Å²) in [5, 5.41) is 0. The standard InChI is InChI=1S/C18H20O3/c1-6-13-9-7-8-10-14(13)16-15(11-12(2)3)18(20-4,21-5)17(16)19/h6-11H,1H2,2-5H3. The second-order valence-corrected chi connectivity index (χ2v) is 5.16. The van der Waals surface area contributed by atoms with E-state index in [1.54, 1.807) is 6.08 Å². The number of hydrogen-bond donors (Lipinski definition) is 0. The predicted octanol–water partition coefficient (Wildman–Crippen LogP) is 3.62. The van der Waals surface area contributed by atoms with Gasteiger partial charge in [-0.15, -0.1) is 0 Å². The first-order valence-electron chi connectivity index (χ1n) is 6.78. The Labute approximate surface area is 125 Å². The average Bonchev–Trinajstić information content (AvgIpc) is 2.48. The molecule has 0 aliphatic heterocycles. The summed E-state index contributed by atoms with van der Waals surface area (Å²) in [4.78, 5) is 12.6. The van der Waals surface area contributed by atoms with Crippen LogP contribution in [-0.4, -0.2) is 25.8 Å². The highest BCUT2D eigenvalue weighted by atomic mass is 16.7. The molecule has 1 aromatic carbocycles. The highest BCUT2D eigenvalue weighted by molar-refractivity contribution is 6.34. The SMILES string of the molecule is C=Cc1ccccc1C1=C(C=C(C)C)C(OC)(OC)C1=O. The van der Waals surface area contributed by atoms with Crippen molar-refractivity contribution in [1.29, 1.82) is 0 Å². The van der Waals surface area contributed by atoms with Crippen LogP contribution < -0.4 is 0 Å². The van der Waals surface area contributed by atoms with E-state index in [0.717, 1.165) is 22.3 Å². The van der Waals surface area contributed by atoms with Crippen molar-refractivity contribution in [2.24, 2.45) is 0 Å². The molecule has 0 saturated heterocycles. The molecule has 0 aromatic heterocycles. The fraction of sp³-hybridized carbons (Fsp3) is 0.278. The van der Waals surface area contributed by atoms with Crippen molar-refractivity contribution >= 4 is 17.4 Å². The summed E-state index contributed by atoms with van der Waals surface area (Å²) in [5.74, 6) is -1.45. The highest BCUT2D eigenvalue weighted by Gasteiger charge is 2.55. The van der Waals surface area contributed by atoms with Crippen LogP contribution in [0.1, 0.15) is 25.0 Å². The number of carbonyl (C=O) groups is 1. The lowest BCUT2D eigenvalue weighted by molar-refractivity contribution is -0.189. The Balaban J connectivity index is 2.72. The largest absolute Gasteiger partial charge is 0.343 e. The van der Waals surface area contributed by atoms with Crippen LogP contribution in [0.25, 0.3) is 11.6 Å². The van der Waals surface area contributed by atoms with Crippen LogP contribution in [0.2, 0.25) is 0 Å². The number of allylic oxidation sites excluding steroid dienone is 1. The molecule has 0 unspecified atom stereocenters. The third-order valence-electron chi connectivity index (χ3n) is 3.61. The topological polar surface area (TPSA) is 35.5 Å². The maximum absolute atomic E-state index is 12.6. The normalized spacial score (nSPS) is 16.5. The summed E-state index contributed by atoms with van der Waals surface area (Å²) < 4.78 is 10.7. The Morgan fingerprint density at radius 2 is 1.81 bits per heavy atom. The third-order valence-corrected chi connectivity index (χ3v) is 3.61. The summed E-state index contributed by atoms with van der Waals surface area (Å²) >= 11 is 0. The van der Waals surface area contributed by atoms with E-state index in [9.17, 15) is 4.79 Å². The van der Waals surface area contributed by atoms with Gasteiger partial charge in [0.05, 0.1) is 0 Å². The molecule has 0 saturated carbocycles. The molecule has 2 rings (SSSR count). The van der Waals surface area contributed by atoms with Crippen molar-refractivity contribution in [1.82, 2.24) is 0 Å². The monoisotopic (exact) mass is 284 g/mol. The number of rotatable bonds is 5. The van der Waals surface area contributed by atoms with Crippen LogP contribution in [0.3, 0.4) is 0 Å². The lowest BCUT2D eigenvalue weighted by Crippen LogP contribution is -2.53. The Bertz CT molecular complexity index is 642. The smallest absolute Gasteiger partial charge is 0.261 e. The number of benzene rings is 1. The summed E-state index contributed by atoms with van der Waals surface area (Å²) in [6.07, 6.45) is 3.68. The zero-order valence-corrected chi connectivity index (χ0v) is 12.9. The quantitative estimate of drug-likeness (QED) is 0.775. The van der Waals surface area contributed by atoms with Crippen molar-refractivity contribution in [2.45, 2.75) is 19.6 Å². The van der Waals surface area contributed by atoms with E-state index in [0.29, 0.717) is 5.57 Å². The van der Waals surface area contributed by atoms with Gasteiger partial charge in [-0.1, -0.05) is 48.6 Å². The van der Waals surface area contributed by atoms with Crippen molar-refractivity contribution in [3.8, 4) is 0 Å². The Hall–Kier alpha value is -1.97. The summed E-state index contributed by atoms with van der Waals surface area (Å²) in [5.41, 5.74) is 4.24. The minimum atomic E-state index is -1.29. The zero-order valence-electron chi connectivity index (χ0n) is 12.9. The van der Waals surface area contributed by atoms with Crippen LogP contribution in [0.15, 0.2) is 48.1 Å². The van der Waals surface area contributed by atoms with Gasteiger partial charge in [0, 0.05) is 25.4 Å². The van der Waals surface area contributed by atoms with Gasteiger partial charge in [-0.25, -0.2) is 0 Å². The highest BCUT2D eigenvalue weighted by Crippen LogP contribution is 2.46. The van der Waals surface area contributed by atoms with Crippen LogP contribution >= 0.6 is 0 Å². The summed E-state index contributed by atoms with van der Waals surface area (Å²) in [6, 6.07) is 7.67. The fourth-order valence-electron chi connectivity index (χ4n) is 2.63. The molecule has 3 nitrogen and oxygen atoms in total. The molecule has 1 aliphatic carbocycles. The summed E-state index contributed by atoms with van der Waals surface area (Å²) in [6.45, 7) is 7.76. The second kappa shape index (κ2) is 5.80. The van der Waals surface area contributed by atoms with E-state index in [1.165, 1.54) is 14.2 Å². The van der Waals surface area contributed by atoms with E-state index in [-0.39, 0.29) is 5.78 Å². The minimum absolute atomic E-state index is 0.158. The van der Waals surface area contributed by atoms with Crippen LogP contribution in [0.4, 0.5) is 0 Å². The van der Waals surface area contributed by atoms with Gasteiger partial charge in [-0.05, 0) is 25.0 Å². The van der Waals surface area contributed by atoms with Gasteiger partial charge in [-0.2, -0.15) is 0 Å². The van der Waals surface area contributed by atoms with E-state index >= 15 is 0 Å². The van der Waals surface area contributed by atoms with Gasteiger partial charge in [0.1, 0.15) is 0 Å². The Morgan fingerprint density at radius 1 is 1.19 bits per heavy atom. The first kappa shape index (κ1) is 15.4. The van der Waals surface area contributed by atoms with Gasteiger partial charge >= 0.3 is 0 Å². The van der Waals surface area contributed by atoms with Crippen molar-refractivity contribution in [3.05, 3.63) is 59.2 Å². The van der Waals surface area contributed by atoms with Gasteiger partial charge < -0.3 is 9.47 Å². The molecule has 110 valence electrons. The number of methoxy groups -OCH3 is 2. The lowest BCUT2D eigenvalue weighted by atomic mass is 9.74. The van der Waals surface area contributed by atoms with Gasteiger partial charge in [0.2, 0.25) is 5.78 Å². The molecule has 0 N–H and O–H groups in total. The first-order chi connectivity index (χ1) is 10.0. The third kappa shape index (κ3) is 2.28. The molecule has 1 aromatic rings. The number of ketones is 1. The van der Waals surface area contributed by atoms with Crippen molar-refractivity contribution < 1.29 is 14.3 Å². The molecule has 0 spiro atoms. The fourth-order valence-corrected chi connectivity index (χ4v) is 2.63. The maximum atomic E-state index is 12.6. The van der Waals surface area contributed by atoms with Crippen LogP contribution in [0.5, 0.6) is 0 Å². The number of hydrogen-bond acceptors (Lipinski definition) is 3. The van der Waals surface area contributed by atoms with E-state index < -0.39 is 5.79 Å². The van der Waals surface area contributed by atoms with E-state index in [4.69, 9.17) is 9.47 Å². The van der Waals surface area contributed by atoms with Crippen LogP contribution in [-0.2, 0) is 14.3 Å². The molecule has 0 radical (unpaired) electrons. The minimum Gasteiger partial charge on any atom is -0.343 e. The van der Waals surface area contributed by atoms with E-state index in [2.05, 4.69) is 6.58 Å². The van der Waals surface area contributed by atoms with Gasteiger partial charge in [0.25, 0.3) is 5.79 Å². The van der Waals surface area contributed by atoms with Gasteiger partial charge in [-0.3, -0.25) is 4.79 Å². The summed E-state index contributed by atoms with van der Waals surface area (Å²) in [7, 11) is 2.97. The Morgan fingerprint density at radius 3 is 2.33 bits per heavy atom. The molecular weight excluding hydrogens is 264 g/mol. The lowest BCUT2D eigenvalue weighted by Gasteiger charge is -2.40. The first-order valence-corrected chi connectivity index (χ1v) is 6.78. The van der Waals surface area contributed by atoms with Gasteiger partial charge in [0.15, 0.2) is 0 Å². The maximum Gasteiger partial charge on any atom is 0.261 e. The van der Waals surface area contributed by atoms with E-state index in [1.807, 2.05) is 44.2 Å². The van der Waals surface area contributed by atoms with Crippen LogP contribution in [0, 0.1) is 0 Å². The average molecular weight is 284 g/mol. The Kier molecular flexibility index (Phi) is 4.26. The molecule has 0 amide bonds. The number of carbonyl (C=O) groups excluding carboxylic acids is 1. The zero-order chi connectivity index (χ0) is 15.6. The molecular formula is C18H20O3. The molecule has 21 heavy (non-hydrogen) atoms. The molecule has 0 fully saturated rings. The molecule has 1 aliphatic rings. The van der Waals surface area contributed by atoms with Crippen molar-refractivity contribution in [3.63, 3.8) is 0 Å². The predicted molar refractivity (Wildman–Crippen MR) is 84.6 cm³/mol. The number of Topliss-reactive ketones (excluding diaryl/α,β-unsaturated/α-hetero) is 1. The number of ether oxygens (including phenoxy) is 2.